The van der Waals surface area contributed by atoms with Crippen molar-refractivity contribution in [2.45, 2.75) is 12.8 Å². The lowest BCUT2D eigenvalue weighted by Gasteiger charge is -2.30. The number of fused-ring (bicyclic) bond motifs is 1. The molecule has 0 radical (unpaired) electrons. The summed E-state index contributed by atoms with van der Waals surface area (Å²) in [6.45, 7) is 0.704. The highest BCUT2D eigenvalue weighted by atomic mass is 79.9. The largest absolute Gasteiger partial charge is 0.399 e. The molecule has 3 nitrogen and oxygen atoms in total. The molecule has 3 rings (SSSR count). The van der Waals surface area contributed by atoms with E-state index in [2.05, 4.69) is 15.9 Å². The van der Waals surface area contributed by atoms with Crippen LogP contribution in [0, 0.1) is 0 Å². The molecule has 0 unspecified atom stereocenters. The Morgan fingerprint density at radius 3 is 2.81 bits per heavy atom. The van der Waals surface area contributed by atoms with E-state index in [0.717, 1.165) is 28.6 Å². The lowest BCUT2D eigenvalue weighted by Crippen LogP contribution is -2.35. The van der Waals surface area contributed by atoms with Crippen LogP contribution in [0.15, 0.2) is 40.9 Å². The fraction of sp³-hybridized carbons (Fsp3) is 0.188. The molecule has 2 aromatic carbocycles. The van der Waals surface area contributed by atoms with Gasteiger partial charge in [0.2, 0.25) is 0 Å². The van der Waals surface area contributed by atoms with Crippen LogP contribution >= 0.6 is 27.5 Å². The number of aryl methyl sites for hydroxylation is 1. The lowest BCUT2D eigenvalue weighted by molar-refractivity contribution is 0.0985. The van der Waals surface area contributed by atoms with Crippen LogP contribution in [-0.2, 0) is 6.42 Å². The van der Waals surface area contributed by atoms with Crippen molar-refractivity contribution in [3.8, 4) is 0 Å². The fourth-order valence-corrected chi connectivity index (χ4v) is 3.08. The molecule has 0 saturated carbocycles. The molecule has 1 aliphatic heterocycles. The zero-order valence-corrected chi connectivity index (χ0v) is 13.6. The minimum atomic E-state index is -0.0288. The first kappa shape index (κ1) is 14.4. The Labute approximate surface area is 136 Å². The van der Waals surface area contributed by atoms with Gasteiger partial charge in [-0.15, -0.1) is 0 Å². The molecule has 1 aliphatic rings. The van der Waals surface area contributed by atoms with Crippen LogP contribution in [0.2, 0.25) is 5.02 Å². The van der Waals surface area contributed by atoms with E-state index in [0.29, 0.717) is 22.8 Å². The average molecular weight is 366 g/mol. The number of hydrogen-bond acceptors (Lipinski definition) is 2. The zero-order chi connectivity index (χ0) is 15.0. The highest BCUT2D eigenvalue weighted by Crippen LogP contribution is 2.31. The molecule has 0 atom stereocenters. The van der Waals surface area contributed by atoms with Gasteiger partial charge in [0.25, 0.3) is 5.91 Å². The summed E-state index contributed by atoms with van der Waals surface area (Å²) in [5, 5.41) is 0.592. The van der Waals surface area contributed by atoms with Gasteiger partial charge >= 0.3 is 0 Å². The van der Waals surface area contributed by atoms with Crippen LogP contribution < -0.4 is 10.6 Å². The van der Waals surface area contributed by atoms with Crippen molar-refractivity contribution in [3.63, 3.8) is 0 Å². The predicted molar refractivity (Wildman–Crippen MR) is 90.0 cm³/mol. The lowest BCUT2D eigenvalue weighted by atomic mass is 10.00. The number of halogens is 2. The molecule has 2 N–H and O–H groups in total. The first-order chi connectivity index (χ1) is 10.1. The molecule has 5 heteroatoms. The summed E-state index contributed by atoms with van der Waals surface area (Å²) >= 11 is 9.34. The molecule has 1 amide bonds. The standard InChI is InChI=1S/C16H14BrClN2O/c17-13-8-11(4-6-14(13)18)16(21)20-7-1-2-10-3-5-12(19)9-15(10)20/h3-6,8-9H,1-2,7,19H2. The Morgan fingerprint density at radius 2 is 2.05 bits per heavy atom. The van der Waals surface area contributed by atoms with Crippen molar-refractivity contribution >= 4 is 44.8 Å². The predicted octanol–water partition coefficient (Wildman–Crippen LogP) is 4.28. The number of amides is 1. The van der Waals surface area contributed by atoms with E-state index in [1.807, 2.05) is 18.2 Å². The van der Waals surface area contributed by atoms with Gasteiger partial charge in [0, 0.05) is 28.0 Å². The molecule has 108 valence electrons. The Morgan fingerprint density at radius 1 is 1.24 bits per heavy atom. The maximum atomic E-state index is 12.8. The van der Waals surface area contributed by atoms with Crippen LogP contribution in [0.1, 0.15) is 22.3 Å². The van der Waals surface area contributed by atoms with E-state index in [1.165, 1.54) is 0 Å². The Kier molecular flexibility index (Phi) is 3.91. The van der Waals surface area contributed by atoms with Crippen molar-refractivity contribution in [1.29, 1.82) is 0 Å². The molecule has 0 saturated heterocycles. The van der Waals surface area contributed by atoms with E-state index in [9.17, 15) is 4.79 Å². The highest BCUT2D eigenvalue weighted by Gasteiger charge is 2.24. The third-order valence-corrected chi connectivity index (χ3v) is 4.85. The summed E-state index contributed by atoms with van der Waals surface area (Å²) in [5.74, 6) is -0.0288. The molecule has 0 aliphatic carbocycles. The number of nitrogens with zero attached hydrogens (tertiary/aromatic N) is 1. The van der Waals surface area contributed by atoms with Gasteiger partial charge in [-0.3, -0.25) is 4.79 Å². The molecule has 0 spiro atoms. The van der Waals surface area contributed by atoms with E-state index < -0.39 is 0 Å². The summed E-state index contributed by atoms with van der Waals surface area (Å²) < 4.78 is 0.722. The highest BCUT2D eigenvalue weighted by molar-refractivity contribution is 9.10. The van der Waals surface area contributed by atoms with Crippen LogP contribution in [-0.4, -0.2) is 12.5 Å². The number of anilines is 2. The van der Waals surface area contributed by atoms with E-state index in [1.54, 1.807) is 23.1 Å². The number of rotatable bonds is 1. The van der Waals surface area contributed by atoms with Crippen LogP contribution in [0.25, 0.3) is 0 Å². The summed E-state index contributed by atoms with van der Waals surface area (Å²) in [6.07, 6.45) is 1.93. The Bertz CT molecular complexity index is 717. The SMILES string of the molecule is Nc1ccc2c(c1)N(C(=O)c1ccc(Cl)c(Br)c1)CCC2. The first-order valence-corrected chi connectivity index (χ1v) is 7.88. The first-order valence-electron chi connectivity index (χ1n) is 6.71. The third kappa shape index (κ3) is 2.78. The van der Waals surface area contributed by atoms with E-state index in [4.69, 9.17) is 17.3 Å². The molecular weight excluding hydrogens is 352 g/mol. The van der Waals surface area contributed by atoms with Gasteiger partial charge in [-0.05, 0) is 64.7 Å². The molecule has 0 aromatic heterocycles. The van der Waals surface area contributed by atoms with Crippen molar-refractivity contribution in [1.82, 2.24) is 0 Å². The molecule has 21 heavy (non-hydrogen) atoms. The maximum Gasteiger partial charge on any atom is 0.258 e. The number of benzene rings is 2. The van der Waals surface area contributed by atoms with Crippen LogP contribution in [0.5, 0.6) is 0 Å². The van der Waals surface area contributed by atoms with Crippen molar-refractivity contribution in [2.75, 3.05) is 17.2 Å². The van der Waals surface area contributed by atoms with Gasteiger partial charge < -0.3 is 10.6 Å². The monoisotopic (exact) mass is 364 g/mol. The minimum Gasteiger partial charge on any atom is -0.399 e. The Hall–Kier alpha value is -1.52. The Balaban J connectivity index is 1.99. The number of carbonyl (C=O) groups excluding carboxylic acids is 1. The number of hydrogen-bond donors (Lipinski definition) is 1. The topological polar surface area (TPSA) is 46.3 Å². The number of carbonyl (C=O) groups is 1. The molecule has 0 bridgehead atoms. The second kappa shape index (κ2) is 5.70. The van der Waals surface area contributed by atoms with Crippen LogP contribution in [0.4, 0.5) is 11.4 Å². The maximum absolute atomic E-state index is 12.8. The third-order valence-electron chi connectivity index (χ3n) is 3.64. The second-order valence-electron chi connectivity index (χ2n) is 5.08. The van der Waals surface area contributed by atoms with Crippen molar-refractivity contribution in [2.24, 2.45) is 0 Å². The van der Waals surface area contributed by atoms with Gasteiger partial charge in [-0.2, -0.15) is 0 Å². The number of nitrogens with two attached hydrogens (primary N) is 1. The van der Waals surface area contributed by atoms with Gasteiger partial charge in [0.15, 0.2) is 0 Å². The normalized spacial score (nSPS) is 13.9. The van der Waals surface area contributed by atoms with Gasteiger partial charge in [0.1, 0.15) is 0 Å². The smallest absolute Gasteiger partial charge is 0.258 e. The van der Waals surface area contributed by atoms with Gasteiger partial charge in [0.05, 0.1) is 5.02 Å². The summed E-state index contributed by atoms with van der Waals surface area (Å²) in [6, 6.07) is 11.0. The average Bonchev–Trinajstić information content (AvgIpc) is 2.48. The van der Waals surface area contributed by atoms with Crippen molar-refractivity contribution < 1.29 is 4.79 Å². The van der Waals surface area contributed by atoms with Gasteiger partial charge in [-0.1, -0.05) is 17.7 Å². The fourth-order valence-electron chi connectivity index (χ4n) is 2.59. The molecule has 0 fully saturated rings. The second-order valence-corrected chi connectivity index (χ2v) is 6.34. The number of nitrogen functional groups attached to an aromatic ring is 1. The van der Waals surface area contributed by atoms with Gasteiger partial charge in [-0.25, -0.2) is 0 Å². The molecule has 2 aromatic rings. The van der Waals surface area contributed by atoms with E-state index in [-0.39, 0.29) is 5.91 Å². The molecular formula is C16H14BrClN2O. The summed E-state index contributed by atoms with van der Waals surface area (Å²) in [7, 11) is 0. The summed E-state index contributed by atoms with van der Waals surface area (Å²) in [4.78, 5) is 14.6. The van der Waals surface area contributed by atoms with Crippen molar-refractivity contribution in [3.05, 3.63) is 57.0 Å². The summed E-state index contributed by atoms with van der Waals surface area (Å²) in [5.41, 5.74) is 9.23. The minimum absolute atomic E-state index is 0.0288. The quantitative estimate of drug-likeness (QED) is 0.767. The van der Waals surface area contributed by atoms with Crippen LogP contribution in [0.3, 0.4) is 0 Å². The van der Waals surface area contributed by atoms with E-state index >= 15 is 0 Å². The molecule has 1 heterocycles. The zero-order valence-electron chi connectivity index (χ0n) is 11.3.